The van der Waals surface area contributed by atoms with E-state index in [1.54, 1.807) is 0 Å². The zero-order valence-electron chi connectivity index (χ0n) is 27.9. The van der Waals surface area contributed by atoms with Crippen LogP contribution < -0.4 is 0 Å². The number of carbonyl (C=O) groups is 1. The number of esters is 1. The molecule has 0 unspecified atom stereocenters. The number of aliphatic hydroxyl groups is 2. The van der Waals surface area contributed by atoms with Crippen LogP contribution in [0.5, 0.6) is 0 Å². The molecule has 5 nitrogen and oxygen atoms in total. The van der Waals surface area contributed by atoms with E-state index in [4.69, 9.17) is 9.84 Å². The van der Waals surface area contributed by atoms with Crippen LogP contribution in [0, 0.1) is 11.8 Å². The smallest absolute Gasteiger partial charge is 0.305 e. The summed E-state index contributed by atoms with van der Waals surface area (Å²) in [6, 6.07) is 0. The number of hydrogen-bond acceptors (Lipinski definition) is 5. The normalized spacial score (nSPS) is 13.8. The van der Waals surface area contributed by atoms with Crippen LogP contribution in [0.2, 0.25) is 0 Å². The first-order valence-corrected chi connectivity index (χ1v) is 17.9. The molecule has 5 heteroatoms. The molecule has 0 saturated heterocycles. The van der Waals surface area contributed by atoms with E-state index in [9.17, 15) is 9.90 Å². The highest BCUT2D eigenvalue weighted by Crippen LogP contribution is 2.24. The summed E-state index contributed by atoms with van der Waals surface area (Å²) in [7, 11) is 1.47. The van der Waals surface area contributed by atoms with Crippen LogP contribution in [0.15, 0.2) is 0 Å². The Kier molecular flexibility index (Phi) is 31.8. The Morgan fingerprint density at radius 2 is 0.902 bits per heavy atom. The fraction of sp³-hybridized carbons (Fsp3) is 0.972. The summed E-state index contributed by atoms with van der Waals surface area (Å²) in [6.07, 6.45) is 33.3. The lowest BCUT2D eigenvalue weighted by atomic mass is 9.86. The summed E-state index contributed by atoms with van der Waals surface area (Å²) in [5.41, 5.74) is 0. The summed E-state index contributed by atoms with van der Waals surface area (Å²) < 4.78 is 10.0. The molecule has 0 aromatic heterocycles. The average molecular weight is 585 g/mol. The second-order valence-corrected chi connectivity index (χ2v) is 12.9. The molecule has 0 bridgehead atoms. The van der Waals surface area contributed by atoms with Gasteiger partial charge in [-0.15, -0.1) is 0 Å². The molecule has 41 heavy (non-hydrogen) atoms. The molecule has 0 radical (unpaired) electrons. The fourth-order valence-corrected chi connectivity index (χ4v) is 5.71. The summed E-state index contributed by atoms with van der Waals surface area (Å²) in [6.45, 7) is 5.69. The van der Waals surface area contributed by atoms with Crippen molar-refractivity contribution in [3.8, 4) is 0 Å². The van der Waals surface area contributed by atoms with Gasteiger partial charge in [-0.25, -0.2) is 0 Å². The van der Waals surface area contributed by atoms with Gasteiger partial charge in [0.1, 0.15) is 6.10 Å². The van der Waals surface area contributed by atoms with Gasteiger partial charge in [0.05, 0.1) is 20.3 Å². The number of aliphatic hydroxyl groups excluding tert-OH is 2. The van der Waals surface area contributed by atoms with Gasteiger partial charge >= 0.3 is 5.97 Å². The lowest BCUT2D eigenvalue weighted by Crippen LogP contribution is -2.19. The highest BCUT2D eigenvalue weighted by Gasteiger charge is 2.11. The van der Waals surface area contributed by atoms with Gasteiger partial charge in [-0.3, -0.25) is 4.79 Å². The molecular formula is C36H72O5. The van der Waals surface area contributed by atoms with Crippen LogP contribution in [-0.4, -0.2) is 49.2 Å². The van der Waals surface area contributed by atoms with Crippen molar-refractivity contribution in [2.75, 3.05) is 26.9 Å². The highest BCUT2D eigenvalue weighted by atomic mass is 16.5. The molecule has 0 aromatic rings. The van der Waals surface area contributed by atoms with Gasteiger partial charge in [-0.1, -0.05) is 162 Å². The van der Waals surface area contributed by atoms with Gasteiger partial charge in [-0.2, -0.15) is 0 Å². The summed E-state index contributed by atoms with van der Waals surface area (Å²) in [5, 5.41) is 17.9. The minimum absolute atomic E-state index is 0.0697. The molecule has 0 amide bonds. The van der Waals surface area contributed by atoms with Crippen LogP contribution in [0.1, 0.15) is 181 Å². The summed E-state index contributed by atoms with van der Waals surface area (Å²) >= 11 is 0. The van der Waals surface area contributed by atoms with Crippen LogP contribution >= 0.6 is 0 Å². The van der Waals surface area contributed by atoms with Gasteiger partial charge in [0.2, 0.25) is 0 Å². The maximum atomic E-state index is 11.1. The van der Waals surface area contributed by atoms with Gasteiger partial charge in [-0.05, 0) is 24.7 Å². The van der Waals surface area contributed by atoms with Gasteiger partial charge < -0.3 is 19.7 Å². The van der Waals surface area contributed by atoms with Crippen molar-refractivity contribution >= 4 is 5.97 Å². The number of rotatable bonds is 33. The van der Waals surface area contributed by atoms with Crippen molar-refractivity contribution in [1.82, 2.24) is 0 Å². The number of methoxy groups -OCH3 is 1. The third kappa shape index (κ3) is 30.6. The van der Waals surface area contributed by atoms with E-state index in [0.717, 1.165) is 31.1 Å². The topological polar surface area (TPSA) is 76.0 Å². The van der Waals surface area contributed by atoms with E-state index in [-0.39, 0.29) is 19.2 Å². The molecule has 0 heterocycles. The number of carbonyl (C=O) groups excluding carboxylic acids is 1. The molecule has 2 N–H and O–H groups in total. The van der Waals surface area contributed by atoms with E-state index in [1.807, 2.05) is 0 Å². The largest absolute Gasteiger partial charge is 0.469 e. The monoisotopic (exact) mass is 585 g/mol. The Balaban J connectivity index is 3.30. The predicted octanol–water partition coefficient (Wildman–Crippen LogP) is 9.94. The first-order chi connectivity index (χ1) is 20.0. The summed E-state index contributed by atoms with van der Waals surface area (Å²) in [5.74, 6) is 1.68. The van der Waals surface area contributed by atoms with Crippen LogP contribution in [0.4, 0.5) is 0 Å². The molecule has 0 aliphatic carbocycles. The van der Waals surface area contributed by atoms with Crippen LogP contribution in [0.3, 0.4) is 0 Å². The lowest BCUT2D eigenvalue weighted by molar-refractivity contribution is -0.140. The van der Waals surface area contributed by atoms with E-state index in [0.29, 0.717) is 13.0 Å². The van der Waals surface area contributed by atoms with Crippen molar-refractivity contribution < 1.29 is 24.5 Å². The minimum Gasteiger partial charge on any atom is -0.469 e. The molecule has 0 spiro atoms. The highest BCUT2D eigenvalue weighted by molar-refractivity contribution is 5.68. The second-order valence-electron chi connectivity index (χ2n) is 12.9. The van der Waals surface area contributed by atoms with Gasteiger partial charge in [0.25, 0.3) is 0 Å². The Hall–Kier alpha value is -0.650. The molecule has 0 fully saturated rings. The van der Waals surface area contributed by atoms with E-state index in [1.165, 1.54) is 148 Å². The maximum absolute atomic E-state index is 11.1. The molecule has 0 aliphatic heterocycles. The summed E-state index contributed by atoms with van der Waals surface area (Å²) in [4.78, 5) is 11.1. The standard InChI is InChI=1S/C36H72O5/c1-33(34(2)28-24-20-16-12-8-6-9-13-17-21-25-29-36(39)40-3)27-23-19-15-11-7-4-5-10-14-18-22-26-30-41-32-35(38)31-37/h33-35,37-38H,4-32H2,1-3H3/t33-,34+,35-/m1/s1. The average Bonchev–Trinajstić information content (AvgIpc) is 2.98. The molecular weight excluding hydrogens is 512 g/mol. The Labute approximate surface area is 255 Å². The quantitative estimate of drug-likeness (QED) is 0.0593. The first-order valence-electron chi connectivity index (χ1n) is 17.9. The number of hydrogen-bond donors (Lipinski definition) is 2. The molecule has 246 valence electrons. The third-order valence-electron chi connectivity index (χ3n) is 8.96. The van der Waals surface area contributed by atoms with Crippen LogP contribution in [-0.2, 0) is 14.3 Å². The molecule has 0 aliphatic rings. The van der Waals surface area contributed by atoms with Crippen molar-refractivity contribution in [2.24, 2.45) is 11.8 Å². The Morgan fingerprint density at radius 3 is 1.27 bits per heavy atom. The SMILES string of the molecule is COC(=O)CCCCCCCCCCCCC[C@H](C)[C@H](C)CCCCCCCCCCCCCCOC[C@H](O)CO. The maximum Gasteiger partial charge on any atom is 0.305 e. The zero-order valence-corrected chi connectivity index (χ0v) is 27.9. The molecule has 0 saturated carbocycles. The van der Waals surface area contributed by atoms with Gasteiger partial charge in [0, 0.05) is 13.0 Å². The van der Waals surface area contributed by atoms with Crippen molar-refractivity contribution in [3.63, 3.8) is 0 Å². The van der Waals surface area contributed by atoms with Crippen molar-refractivity contribution in [2.45, 2.75) is 187 Å². The molecule has 3 atom stereocenters. The predicted molar refractivity (Wildman–Crippen MR) is 174 cm³/mol. The Morgan fingerprint density at radius 1 is 0.561 bits per heavy atom. The fourth-order valence-electron chi connectivity index (χ4n) is 5.71. The minimum atomic E-state index is -0.728. The van der Waals surface area contributed by atoms with E-state index in [2.05, 4.69) is 18.6 Å². The first kappa shape index (κ1) is 40.4. The third-order valence-corrected chi connectivity index (χ3v) is 8.96. The second kappa shape index (κ2) is 32.3. The molecule has 0 aromatic carbocycles. The van der Waals surface area contributed by atoms with E-state index < -0.39 is 6.10 Å². The van der Waals surface area contributed by atoms with E-state index >= 15 is 0 Å². The number of unbranched alkanes of at least 4 members (excludes halogenated alkanes) is 21. The van der Waals surface area contributed by atoms with Crippen molar-refractivity contribution in [3.05, 3.63) is 0 Å². The van der Waals surface area contributed by atoms with Crippen molar-refractivity contribution in [1.29, 1.82) is 0 Å². The lowest BCUT2D eigenvalue weighted by Gasteiger charge is -2.19. The Bertz CT molecular complexity index is 526. The van der Waals surface area contributed by atoms with Crippen LogP contribution in [0.25, 0.3) is 0 Å². The zero-order chi connectivity index (χ0) is 30.2. The van der Waals surface area contributed by atoms with Gasteiger partial charge in [0.15, 0.2) is 0 Å². The molecule has 0 rings (SSSR count). The number of ether oxygens (including phenoxy) is 2.